The van der Waals surface area contributed by atoms with Crippen LogP contribution in [0.15, 0.2) is 60.7 Å². The van der Waals surface area contributed by atoms with Crippen LogP contribution in [0.2, 0.25) is 0 Å². The molecule has 0 saturated heterocycles. The molecule has 2 rings (SSSR count). The lowest BCUT2D eigenvalue weighted by atomic mass is 10.0. The van der Waals surface area contributed by atoms with E-state index in [0.717, 1.165) is 0 Å². The monoisotopic (exact) mass is 466 g/mol. The Balaban J connectivity index is 2.30. The molecular formula is C15H17O11P3. The molecule has 0 bridgehead atoms. The van der Waals surface area contributed by atoms with Crippen molar-refractivity contribution in [3.05, 3.63) is 71.8 Å². The topological polar surface area (TPSA) is 166 Å². The van der Waals surface area contributed by atoms with E-state index in [4.69, 9.17) is 9.42 Å². The van der Waals surface area contributed by atoms with E-state index in [0.29, 0.717) is 7.11 Å². The van der Waals surface area contributed by atoms with Gasteiger partial charge in [-0.2, -0.15) is 8.62 Å². The third kappa shape index (κ3) is 7.37. The van der Waals surface area contributed by atoms with Gasteiger partial charge in [0.2, 0.25) is 0 Å². The van der Waals surface area contributed by atoms with Gasteiger partial charge in [-0.3, -0.25) is 13.8 Å². The van der Waals surface area contributed by atoms with Crippen LogP contribution in [0.3, 0.4) is 0 Å². The third-order valence-electron chi connectivity index (χ3n) is 3.28. The van der Waals surface area contributed by atoms with E-state index in [1.165, 1.54) is 36.4 Å². The quantitative estimate of drug-likeness (QED) is 0.346. The Morgan fingerprint density at radius 3 is 1.79 bits per heavy atom. The zero-order valence-corrected chi connectivity index (χ0v) is 17.5. The SMILES string of the molecule is COP(=O)(O)OP(=O)(O)OP(=O)(O)OC(C(=O)c1ccccc1)c1ccccc1. The molecule has 2 aromatic rings. The van der Waals surface area contributed by atoms with Gasteiger partial charge in [0.25, 0.3) is 0 Å². The van der Waals surface area contributed by atoms with Crippen molar-refractivity contribution in [1.29, 1.82) is 0 Å². The van der Waals surface area contributed by atoms with Crippen LogP contribution in [0.25, 0.3) is 0 Å². The molecule has 3 N–H and O–H groups in total. The van der Waals surface area contributed by atoms with Gasteiger partial charge >= 0.3 is 23.5 Å². The first-order chi connectivity index (χ1) is 13.4. The molecule has 11 nitrogen and oxygen atoms in total. The number of ketones is 1. The van der Waals surface area contributed by atoms with Crippen LogP contribution in [0, 0.1) is 0 Å². The van der Waals surface area contributed by atoms with E-state index in [1.807, 2.05) is 0 Å². The molecule has 4 atom stereocenters. The lowest BCUT2D eigenvalue weighted by Crippen LogP contribution is -2.16. The second-order valence-corrected chi connectivity index (χ2v) is 10.1. The van der Waals surface area contributed by atoms with E-state index in [9.17, 15) is 28.3 Å². The maximum atomic E-state index is 12.8. The molecule has 29 heavy (non-hydrogen) atoms. The van der Waals surface area contributed by atoms with Crippen molar-refractivity contribution < 1.29 is 50.8 Å². The van der Waals surface area contributed by atoms with Crippen LogP contribution in [0.5, 0.6) is 0 Å². The van der Waals surface area contributed by atoms with Crippen molar-refractivity contribution in [2.45, 2.75) is 6.10 Å². The van der Waals surface area contributed by atoms with Gasteiger partial charge in [-0.05, 0) is 5.56 Å². The van der Waals surface area contributed by atoms with Gasteiger partial charge in [0, 0.05) is 12.7 Å². The fraction of sp³-hybridized carbons (Fsp3) is 0.133. The van der Waals surface area contributed by atoms with Crippen LogP contribution in [-0.2, 0) is 31.4 Å². The Morgan fingerprint density at radius 2 is 1.28 bits per heavy atom. The van der Waals surface area contributed by atoms with Gasteiger partial charge in [-0.1, -0.05) is 60.7 Å². The first-order valence-corrected chi connectivity index (χ1v) is 12.2. The highest BCUT2D eigenvalue weighted by atomic mass is 31.3. The highest BCUT2D eigenvalue weighted by Gasteiger charge is 2.43. The van der Waals surface area contributed by atoms with Crippen molar-refractivity contribution in [3.63, 3.8) is 0 Å². The average Bonchev–Trinajstić information content (AvgIpc) is 2.65. The highest BCUT2D eigenvalue weighted by Crippen LogP contribution is 2.68. The minimum atomic E-state index is -5.59. The zero-order chi connectivity index (χ0) is 21.7. The Bertz CT molecular complexity index is 980. The normalized spacial score (nSPS) is 18.8. The predicted octanol–water partition coefficient (Wildman–Crippen LogP) is 3.61. The molecule has 2 aromatic carbocycles. The Morgan fingerprint density at radius 1 is 0.793 bits per heavy atom. The number of phosphoric acid groups is 3. The number of rotatable bonds is 10. The summed E-state index contributed by atoms with van der Waals surface area (Å²) >= 11 is 0. The highest BCUT2D eigenvalue weighted by molar-refractivity contribution is 7.66. The molecular weight excluding hydrogens is 449 g/mol. The minimum Gasteiger partial charge on any atom is -0.302 e. The van der Waals surface area contributed by atoms with Gasteiger partial charge in [0.15, 0.2) is 11.9 Å². The number of phosphoric ester groups is 2. The first-order valence-electron chi connectivity index (χ1n) is 7.74. The lowest BCUT2D eigenvalue weighted by molar-refractivity contribution is 0.0702. The van der Waals surface area contributed by atoms with Gasteiger partial charge in [-0.25, -0.2) is 13.7 Å². The van der Waals surface area contributed by atoms with Gasteiger partial charge in [0.05, 0.1) is 0 Å². The number of carbonyl (C=O) groups is 1. The fourth-order valence-corrected chi connectivity index (χ4v) is 5.48. The smallest absolute Gasteiger partial charge is 0.302 e. The summed E-state index contributed by atoms with van der Waals surface area (Å²) in [6.45, 7) is 0. The number of hydrogen-bond acceptors (Lipinski definition) is 8. The molecule has 0 amide bonds. The van der Waals surface area contributed by atoms with Gasteiger partial charge < -0.3 is 14.7 Å². The largest absolute Gasteiger partial charge is 0.490 e. The summed E-state index contributed by atoms with van der Waals surface area (Å²) in [7, 11) is -15.4. The lowest BCUT2D eigenvalue weighted by Gasteiger charge is -2.22. The maximum Gasteiger partial charge on any atom is 0.490 e. The van der Waals surface area contributed by atoms with Crippen LogP contribution in [0.1, 0.15) is 22.0 Å². The Kier molecular flexibility index (Phi) is 7.84. The van der Waals surface area contributed by atoms with E-state index in [-0.39, 0.29) is 11.1 Å². The average molecular weight is 466 g/mol. The number of Topliss-reactive ketones (excluding diaryl/α,β-unsaturated/α-hetero) is 1. The van der Waals surface area contributed by atoms with E-state index < -0.39 is 35.4 Å². The molecule has 0 heterocycles. The third-order valence-corrected chi connectivity index (χ3v) is 7.52. The molecule has 4 unspecified atom stereocenters. The number of benzene rings is 2. The van der Waals surface area contributed by atoms with Gasteiger partial charge in [-0.15, -0.1) is 0 Å². The van der Waals surface area contributed by atoms with Crippen molar-refractivity contribution >= 4 is 29.3 Å². The summed E-state index contributed by atoms with van der Waals surface area (Å²) in [5.41, 5.74) is 0.279. The van der Waals surface area contributed by atoms with E-state index in [1.54, 1.807) is 24.3 Å². The van der Waals surface area contributed by atoms with Crippen LogP contribution in [-0.4, -0.2) is 27.6 Å². The summed E-state index contributed by atoms with van der Waals surface area (Å²) in [5, 5.41) is 0. The van der Waals surface area contributed by atoms with Crippen molar-refractivity contribution in [3.8, 4) is 0 Å². The molecule has 0 radical (unpaired) electrons. The van der Waals surface area contributed by atoms with E-state index >= 15 is 0 Å². The van der Waals surface area contributed by atoms with Crippen molar-refractivity contribution in [2.75, 3.05) is 7.11 Å². The summed E-state index contributed by atoms with van der Waals surface area (Å²) in [6.07, 6.45) is -1.70. The zero-order valence-electron chi connectivity index (χ0n) is 14.8. The Labute approximate surface area is 165 Å². The molecule has 0 aliphatic rings. The second-order valence-electron chi connectivity index (χ2n) is 5.38. The molecule has 0 aliphatic carbocycles. The molecule has 0 aliphatic heterocycles. The molecule has 0 aromatic heterocycles. The van der Waals surface area contributed by atoms with E-state index in [2.05, 4.69) is 13.1 Å². The van der Waals surface area contributed by atoms with Gasteiger partial charge in [0.1, 0.15) is 0 Å². The van der Waals surface area contributed by atoms with Crippen LogP contribution in [0.4, 0.5) is 0 Å². The Hall–Kier alpha value is -1.48. The maximum absolute atomic E-state index is 12.8. The molecule has 0 spiro atoms. The summed E-state index contributed by atoms with van der Waals surface area (Å²) in [5.74, 6) is -0.743. The minimum absolute atomic E-state index is 0.129. The summed E-state index contributed by atoms with van der Waals surface area (Å²) < 4.78 is 51.9. The molecule has 0 saturated carbocycles. The first kappa shape index (κ1) is 23.8. The second kappa shape index (κ2) is 9.55. The summed E-state index contributed by atoms with van der Waals surface area (Å²) in [4.78, 5) is 41.2. The predicted molar refractivity (Wildman–Crippen MR) is 99.7 cm³/mol. The van der Waals surface area contributed by atoms with Crippen LogP contribution < -0.4 is 0 Å². The van der Waals surface area contributed by atoms with Crippen molar-refractivity contribution in [2.24, 2.45) is 0 Å². The number of carbonyl (C=O) groups excluding carboxylic acids is 1. The molecule has 158 valence electrons. The van der Waals surface area contributed by atoms with Crippen molar-refractivity contribution in [1.82, 2.24) is 0 Å². The standard InChI is InChI=1S/C15H17O11P3/c1-23-27(17,18)25-29(21,22)26-28(19,20)24-15(13-10-6-3-7-11-13)14(16)12-8-4-2-5-9-12/h2-11,15H,1H3,(H,17,18)(H,19,20)(H,21,22). The molecule has 14 heteroatoms. The summed E-state index contributed by atoms with van der Waals surface area (Å²) in [6, 6.07) is 15.2. The van der Waals surface area contributed by atoms with Crippen LogP contribution >= 0.6 is 23.5 Å². The number of hydrogen-bond donors (Lipinski definition) is 3. The molecule has 0 fully saturated rings. The fourth-order valence-electron chi connectivity index (χ4n) is 2.10.